The van der Waals surface area contributed by atoms with Crippen molar-refractivity contribution in [2.75, 3.05) is 6.54 Å². The van der Waals surface area contributed by atoms with Gasteiger partial charge in [-0.05, 0) is 32.1 Å². The number of piperidine rings is 1. The molecule has 2 atom stereocenters. The van der Waals surface area contributed by atoms with E-state index in [1.165, 1.54) is 6.42 Å². The zero-order valence-electron chi connectivity index (χ0n) is 13.2. The second-order valence-corrected chi connectivity index (χ2v) is 5.88. The van der Waals surface area contributed by atoms with Gasteiger partial charge in [-0.25, -0.2) is 4.68 Å². The van der Waals surface area contributed by atoms with Gasteiger partial charge in [0.1, 0.15) is 6.54 Å². The van der Waals surface area contributed by atoms with Crippen LogP contribution in [0.4, 0.5) is 0 Å². The molecule has 2 heterocycles. The fourth-order valence-electron chi connectivity index (χ4n) is 3.00. The van der Waals surface area contributed by atoms with Crippen LogP contribution in [-0.4, -0.2) is 38.4 Å². The Hall–Kier alpha value is -1.43. The molecule has 0 saturated carbocycles. The molecule has 0 aromatic carbocycles. The SMILES string of the molecule is CCCC(N)c1cn(CC(=O)N2CCCCC2CC)nn1. The van der Waals surface area contributed by atoms with E-state index in [0.717, 1.165) is 44.3 Å². The lowest BCUT2D eigenvalue weighted by Crippen LogP contribution is -2.44. The van der Waals surface area contributed by atoms with Gasteiger partial charge in [-0.15, -0.1) is 5.10 Å². The standard InChI is InChI=1S/C15H27N5O/c1-3-7-13(16)14-10-19(18-17-14)11-15(21)20-9-6-5-8-12(20)4-2/h10,12-13H,3-9,11,16H2,1-2H3. The van der Waals surface area contributed by atoms with Gasteiger partial charge in [0.05, 0.1) is 17.9 Å². The van der Waals surface area contributed by atoms with Crippen LogP contribution < -0.4 is 5.73 Å². The number of nitrogens with zero attached hydrogens (tertiary/aromatic N) is 4. The van der Waals surface area contributed by atoms with Crippen LogP contribution in [-0.2, 0) is 11.3 Å². The van der Waals surface area contributed by atoms with E-state index in [1.807, 2.05) is 11.1 Å². The maximum atomic E-state index is 12.4. The first kappa shape index (κ1) is 15.9. The van der Waals surface area contributed by atoms with Gasteiger partial charge in [0.25, 0.3) is 0 Å². The Bertz CT molecular complexity index is 459. The average Bonchev–Trinajstić information content (AvgIpc) is 2.96. The number of aromatic nitrogens is 3. The Kier molecular flexibility index (Phi) is 5.73. The number of rotatable bonds is 6. The fourth-order valence-corrected chi connectivity index (χ4v) is 3.00. The third kappa shape index (κ3) is 4.03. The number of carbonyl (C=O) groups excluding carboxylic acids is 1. The lowest BCUT2D eigenvalue weighted by Gasteiger charge is -2.35. The lowest BCUT2D eigenvalue weighted by molar-refractivity contribution is -0.135. The summed E-state index contributed by atoms with van der Waals surface area (Å²) in [7, 11) is 0. The first-order valence-corrected chi connectivity index (χ1v) is 8.10. The Balaban J connectivity index is 1.96. The van der Waals surface area contributed by atoms with Crippen molar-refractivity contribution in [2.24, 2.45) is 5.73 Å². The highest BCUT2D eigenvalue weighted by molar-refractivity contribution is 5.76. The molecule has 1 aliphatic rings. The van der Waals surface area contributed by atoms with Crippen molar-refractivity contribution in [3.63, 3.8) is 0 Å². The average molecular weight is 293 g/mol. The van der Waals surface area contributed by atoms with Crippen molar-refractivity contribution in [3.05, 3.63) is 11.9 Å². The first-order chi connectivity index (χ1) is 10.2. The molecule has 6 heteroatoms. The van der Waals surface area contributed by atoms with E-state index in [4.69, 9.17) is 5.73 Å². The Morgan fingerprint density at radius 1 is 1.48 bits per heavy atom. The van der Waals surface area contributed by atoms with Crippen LogP contribution in [0.25, 0.3) is 0 Å². The molecular weight excluding hydrogens is 266 g/mol. The van der Waals surface area contributed by atoms with Gasteiger partial charge in [0.15, 0.2) is 0 Å². The quantitative estimate of drug-likeness (QED) is 0.868. The Morgan fingerprint density at radius 3 is 3.00 bits per heavy atom. The van der Waals surface area contributed by atoms with Gasteiger partial charge in [0.2, 0.25) is 5.91 Å². The van der Waals surface area contributed by atoms with E-state index < -0.39 is 0 Å². The molecule has 2 rings (SSSR count). The van der Waals surface area contributed by atoms with E-state index >= 15 is 0 Å². The minimum Gasteiger partial charge on any atom is -0.338 e. The number of amides is 1. The predicted molar refractivity (Wildman–Crippen MR) is 81.5 cm³/mol. The summed E-state index contributed by atoms with van der Waals surface area (Å²) in [5, 5.41) is 8.13. The van der Waals surface area contributed by atoms with E-state index in [0.29, 0.717) is 6.04 Å². The van der Waals surface area contributed by atoms with Crippen LogP contribution in [0, 0.1) is 0 Å². The second-order valence-electron chi connectivity index (χ2n) is 5.88. The van der Waals surface area contributed by atoms with Crippen LogP contribution in [0.2, 0.25) is 0 Å². The minimum absolute atomic E-state index is 0.0859. The van der Waals surface area contributed by atoms with Crippen molar-refractivity contribution >= 4 is 5.91 Å². The van der Waals surface area contributed by atoms with Gasteiger partial charge in [-0.1, -0.05) is 25.5 Å². The molecule has 1 fully saturated rings. The molecule has 6 nitrogen and oxygen atoms in total. The summed E-state index contributed by atoms with van der Waals surface area (Å²) in [4.78, 5) is 14.5. The highest BCUT2D eigenvalue weighted by atomic mass is 16.2. The molecule has 0 radical (unpaired) electrons. The smallest absolute Gasteiger partial charge is 0.244 e. The van der Waals surface area contributed by atoms with Crippen LogP contribution in [0.15, 0.2) is 6.20 Å². The summed E-state index contributed by atoms with van der Waals surface area (Å²) in [6, 6.07) is 0.300. The summed E-state index contributed by atoms with van der Waals surface area (Å²) in [6.45, 7) is 5.37. The normalized spacial score (nSPS) is 20.5. The van der Waals surface area contributed by atoms with Crippen molar-refractivity contribution in [2.45, 2.75) is 71.0 Å². The number of likely N-dealkylation sites (tertiary alicyclic amines) is 1. The van der Waals surface area contributed by atoms with Gasteiger partial charge < -0.3 is 10.6 Å². The summed E-state index contributed by atoms with van der Waals surface area (Å²) in [5.41, 5.74) is 6.80. The second kappa shape index (κ2) is 7.54. The molecule has 118 valence electrons. The molecule has 0 bridgehead atoms. The van der Waals surface area contributed by atoms with Crippen LogP contribution in [0.5, 0.6) is 0 Å². The highest BCUT2D eigenvalue weighted by Crippen LogP contribution is 2.20. The molecule has 2 N–H and O–H groups in total. The molecule has 2 unspecified atom stereocenters. The predicted octanol–water partition coefficient (Wildman–Crippen LogP) is 1.87. The first-order valence-electron chi connectivity index (χ1n) is 8.10. The molecule has 1 amide bonds. The van der Waals surface area contributed by atoms with E-state index in [-0.39, 0.29) is 18.5 Å². The summed E-state index contributed by atoms with van der Waals surface area (Å²) in [5.74, 6) is 0.141. The number of hydrogen-bond acceptors (Lipinski definition) is 4. The van der Waals surface area contributed by atoms with Gasteiger partial charge >= 0.3 is 0 Å². The van der Waals surface area contributed by atoms with E-state index in [2.05, 4.69) is 24.2 Å². The number of carbonyl (C=O) groups is 1. The highest BCUT2D eigenvalue weighted by Gasteiger charge is 2.25. The Labute approximate surface area is 126 Å². The summed E-state index contributed by atoms with van der Waals surface area (Å²) in [6.07, 6.45) is 8.18. The maximum absolute atomic E-state index is 12.4. The molecule has 21 heavy (non-hydrogen) atoms. The fraction of sp³-hybridized carbons (Fsp3) is 0.800. The number of hydrogen-bond donors (Lipinski definition) is 1. The van der Waals surface area contributed by atoms with Crippen molar-refractivity contribution < 1.29 is 4.79 Å². The third-order valence-electron chi connectivity index (χ3n) is 4.25. The van der Waals surface area contributed by atoms with Crippen molar-refractivity contribution in [1.82, 2.24) is 19.9 Å². The zero-order chi connectivity index (χ0) is 15.2. The van der Waals surface area contributed by atoms with Crippen LogP contribution in [0.1, 0.15) is 64.1 Å². The molecule has 0 spiro atoms. The van der Waals surface area contributed by atoms with E-state index in [1.54, 1.807) is 4.68 Å². The minimum atomic E-state index is -0.0859. The van der Waals surface area contributed by atoms with Gasteiger partial charge in [-0.3, -0.25) is 4.79 Å². The van der Waals surface area contributed by atoms with E-state index in [9.17, 15) is 4.79 Å². The molecule has 1 aromatic heterocycles. The molecule has 1 aliphatic heterocycles. The van der Waals surface area contributed by atoms with Gasteiger partial charge in [0, 0.05) is 12.6 Å². The van der Waals surface area contributed by atoms with Crippen molar-refractivity contribution in [3.8, 4) is 0 Å². The van der Waals surface area contributed by atoms with Crippen LogP contribution >= 0.6 is 0 Å². The molecule has 1 aromatic rings. The lowest BCUT2D eigenvalue weighted by atomic mass is 10.00. The molecule has 0 aliphatic carbocycles. The Morgan fingerprint density at radius 2 is 2.29 bits per heavy atom. The molecule has 1 saturated heterocycles. The topological polar surface area (TPSA) is 77.0 Å². The zero-order valence-corrected chi connectivity index (χ0v) is 13.2. The van der Waals surface area contributed by atoms with Crippen molar-refractivity contribution in [1.29, 1.82) is 0 Å². The maximum Gasteiger partial charge on any atom is 0.244 e. The third-order valence-corrected chi connectivity index (χ3v) is 4.25. The van der Waals surface area contributed by atoms with Crippen LogP contribution in [0.3, 0.4) is 0 Å². The summed E-state index contributed by atoms with van der Waals surface area (Å²) >= 11 is 0. The largest absolute Gasteiger partial charge is 0.338 e. The number of nitrogens with two attached hydrogens (primary N) is 1. The summed E-state index contributed by atoms with van der Waals surface area (Å²) < 4.78 is 1.62. The van der Waals surface area contributed by atoms with Gasteiger partial charge in [-0.2, -0.15) is 0 Å². The monoisotopic (exact) mass is 293 g/mol. The molecular formula is C15H27N5O.